The molecule has 1 aromatic rings. The first-order valence-electron chi connectivity index (χ1n) is 6.28. The van der Waals surface area contributed by atoms with Crippen molar-refractivity contribution in [2.75, 3.05) is 0 Å². The summed E-state index contributed by atoms with van der Waals surface area (Å²) in [6.07, 6.45) is 2.43. The van der Waals surface area contributed by atoms with E-state index in [1.807, 2.05) is 37.3 Å². The van der Waals surface area contributed by atoms with Gasteiger partial charge in [0.05, 0.1) is 6.04 Å². The van der Waals surface area contributed by atoms with Gasteiger partial charge in [0.25, 0.3) is 0 Å². The highest BCUT2D eigenvalue weighted by atomic mass is 32.1. The zero-order chi connectivity index (χ0) is 13.4. The third-order valence-electron chi connectivity index (χ3n) is 2.66. The minimum Gasteiger partial charge on any atom is -0.356 e. The summed E-state index contributed by atoms with van der Waals surface area (Å²) in [5, 5.41) is 6.20. The van der Waals surface area contributed by atoms with Gasteiger partial charge in [-0.05, 0) is 31.1 Å². The largest absolute Gasteiger partial charge is 0.356 e. The van der Waals surface area contributed by atoms with E-state index >= 15 is 0 Å². The Balaban J connectivity index is 2.38. The molecule has 1 atom stereocenters. The highest BCUT2D eigenvalue weighted by Gasteiger charge is 2.08. The molecule has 0 saturated carbocycles. The maximum Gasteiger partial charge on any atom is 0.226 e. The Morgan fingerprint density at radius 3 is 2.61 bits per heavy atom. The molecule has 0 aliphatic heterocycles. The fourth-order valence-electron chi connectivity index (χ4n) is 1.58. The maximum atomic E-state index is 11.5. The fraction of sp³-hybridized carbons (Fsp3) is 0.429. The predicted molar refractivity (Wildman–Crippen MR) is 78.3 cm³/mol. The molecule has 4 heteroatoms. The first kappa shape index (κ1) is 14.6. The molecule has 0 heterocycles. The van der Waals surface area contributed by atoms with Crippen molar-refractivity contribution >= 4 is 23.2 Å². The lowest BCUT2D eigenvalue weighted by Crippen LogP contribution is -2.40. The molecule has 0 aliphatic carbocycles. The zero-order valence-electron chi connectivity index (χ0n) is 10.9. The number of carbonyl (C=O) groups is 1. The van der Waals surface area contributed by atoms with Gasteiger partial charge in [0.1, 0.15) is 0 Å². The molecule has 0 saturated heterocycles. The summed E-state index contributed by atoms with van der Waals surface area (Å²) in [5.41, 5.74) is 1.14. The minimum atomic E-state index is -0.0189. The number of benzene rings is 1. The molecule has 0 aromatic heterocycles. The van der Waals surface area contributed by atoms with Crippen LogP contribution in [0.1, 0.15) is 44.7 Å². The van der Waals surface area contributed by atoms with Crippen LogP contribution in [-0.4, -0.2) is 11.0 Å². The normalized spacial score (nSPS) is 11.7. The third kappa shape index (κ3) is 5.27. The zero-order valence-corrected chi connectivity index (χ0v) is 11.7. The predicted octanol–water partition coefficient (Wildman–Crippen LogP) is 2.93. The van der Waals surface area contributed by atoms with Crippen LogP contribution in [0, 0.1) is 0 Å². The Morgan fingerprint density at radius 1 is 1.33 bits per heavy atom. The van der Waals surface area contributed by atoms with Gasteiger partial charge in [-0.2, -0.15) is 0 Å². The standard InChI is InChI=1S/C14H20N2OS/c1-3-4-10-13(17)16-14(18)15-11(2)12-8-6-5-7-9-12/h5-9,11H,3-4,10H2,1-2H3,(H2,15,16,17,18). The van der Waals surface area contributed by atoms with Crippen molar-refractivity contribution in [3.63, 3.8) is 0 Å². The fourth-order valence-corrected chi connectivity index (χ4v) is 1.87. The van der Waals surface area contributed by atoms with Gasteiger partial charge in [-0.15, -0.1) is 0 Å². The minimum absolute atomic E-state index is 0.0189. The number of carbonyl (C=O) groups excluding carboxylic acids is 1. The summed E-state index contributed by atoms with van der Waals surface area (Å²) in [7, 11) is 0. The molecule has 0 fully saturated rings. The first-order valence-corrected chi connectivity index (χ1v) is 6.69. The number of hydrogen-bond acceptors (Lipinski definition) is 2. The van der Waals surface area contributed by atoms with Crippen molar-refractivity contribution in [2.24, 2.45) is 0 Å². The molecular weight excluding hydrogens is 244 g/mol. The Hall–Kier alpha value is -1.42. The van der Waals surface area contributed by atoms with E-state index < -0.39 is 0 Å². The van der Waals surface area contributed by atoms with Crippen LogP contribution in [0.25, 0.3) is 0 Å². The van der Waals surface area contributed by atoms with E-state index in [9.17, 15) is 4.79 Å². The van der Waals surface area contributed by atoms with Crippen LogP contribution in [0.2, 0.25) is 0 Å². The van der Waals surface area contributed by atoms with E-state index in [0.717, 1.165) is 18.4 Å². The van der Waals surface area contributed by atoms with Gasteiger partial charge >= 0.3 is 0 Å². The average molecular weight is 264 g/mol. The van der Waals surface area contributed by atoms with Gasteiger partial charge in [-0.3, -0.25) is 4.79 Å². The van der Waals surface area contributed by atoms with Crippen molar-refractivity contribution in [3.8, 4) is 0 Å². The lowest BCUT2D eigenvalue weighted by atomic mass is 10.1. The van der Waals surface area contributed by atoms with Crippen LogP contribution >= 0.6 is 12.2 Å². The Labute approximate surface area is 114 Å². The Morgan fingerprint density at radius 2 is 2.00 bits per heavy atom. The van der Waals surface area contributed by atoms with Crippen LogP contribution in [0.5, 0.6) is 0 Å². The molecular formula is C14H20N2OS. The molecule has 0 spiro atoms. The van der Waals surface area contributed by atoms with Gasteiger partial charge in [-0.1, -0.05) is 43.7 Å². The molecule has 98 valence electrons. The topological polar surface area (TPSA) is 41.1 Å². The summed E-state index contributed by atoms with van der Waals surface area (Å²) in [4.78, 5) is 11.5. The number of amides is 1. The van der Waals surface area contributed by atoms with Gasteiger partial charge < -0.3 is 10.6 Å². The summed E-state index contributed by atoms with van der Waals surface area (Å²) in [6, 6.07) is 10.1. The Bertz CT molecular complexity index is 392. The SMILES string of the molecule is CCCCC(=O)NC(=S)NC(C)c1ccccc1. The number of nitrogens with one attached hydrogen (secondary N) is 2. The molecule has 1 unspecified atom stereocenters. The van der Waals surface area contributed by atoms with E-state index in [0.29, 0.717) is 11.5 Å². The van der Waals surface area contributed by atoms with Gasteiger partial charge in [0.15, 0.2) is 5.11 Å². The van der Waals surface area contributed by atoms with E-state index in [1.165, 1.54) is 0 Å². The molecule has 0 bridgehead atoms. The molecule has 0 aliphatic rings. The second-order valence-corrected chi connectivity index (χ2v) is 4.67. The van der Waals surface area contributed by atoms with Gasteiger partial charge in [-0.25, -0.2) is 0 Å². The highest BCUT2D eigenvalue weighted by Crippen LogP contribution is 2.10. The second kappa shape index (κ2) is 7.82. The monoisotopic (exact) mass is 264 g/mol. The number of hydrogen-bond donors (Lipinski definition) is 2. The van der Waals surface area contributed by atoms with Crippen molar-refractivity contribution in [1.82, 2.24) is 10.6 Å². The maximum absolute atomic E-state index is 11.5. The summed E-state index contributed by atoms with van der Waals surface area (Å²) in [6.45, 7) is 4.07. The van der Waals surface area contributed by atoms with E-state index in [4.69, 9.17) is 12.2 Å². The first-order chi connectivity index (χ1) is 8.63. The lowest BCUT2D eigenvalue weighted by Gasteiger charge is -2.16. The third-order valence-corrected chi connectivity index (χ3v) is 2.88. The molecule has 2 N–H and O–H groups in total. The van der Waals surface area contributed by atoms with Crippen molar-refractivity contribution in [2.45, 2.75) is 39.2 Å². The molecule has 1 aromatic carbocycles. The van der Waals surface area contributed by atoms with Gasteiger partial charge in [0, 0.05) is 6.42 Å². The molecule has 3 nitrogen and oxygen atoms in total. The molecule has 1 amide bonds. The van der Waals surface area contributed by atoms with Crippen molar-refractivity contribution in [3.05, 3.63) is 35.9 Å². The average Bonchev–Trinajstić information content (AvgIpc) is 2.37. The van der Waals surface area contributed by atoms with Crippen LogP contribution in [0.4, 0.5) is 0 Å². The van der Waals surface area contributed by atoms with Crippen LogP contribution in [0.15, 0.2) is 30.3 Å². The lowest BCUT2D eigenvalue weighted by molar-refractivity contribution is -0.119. The van der Waals surface area contributed by atoms with E-state index in [1.54, 1.807) is 0 Å². The van der Waals surface area contributed by atoms with Crippen LogP contribution < -0.4 is 10.6 Å². The van der Waals surface area contributed by atoms with E-state index in [-0.39, 0.29) is 11.9 Å². The summed E-state index contributed by atoms with van der Waals surface area (Å²) >= 11 is 5.11. The van der Waals surface area contributed by atoms with Crippen LogP contribution in [0.3, 0.4) is 0 Å². The van der Waals surface area contributed by atoms with E-state index in [2.05, 4.69) is 17.6 Å². The summed E-state index contributed by atoms with van der Waals surface area (Å²) < 4.78 is 0. The Kier molecular flexibility index (Phi) is 6.36. The second-order valence-electron chi connectivity index (χ2n) is 4.26. The number of unbranched alkanes of at least 4 members (excludes halogenated alkanes) is 1. The molecule has 0 radical (unpaired) electrons. The summed E-state index contributed by atoms with van der Waals surface area (Å²) in [5.74, 6) is -0.0189. The van der Waals surface area contributed by atoms with Crippen molar-refractivity contribution < 1.29 is 4.79 Å². The molecule has 1 rings (SSSR count). The highest BCUT2D eigenvalue weighted by molar-refractivity contribution is 7.80. The van der Waals surface area contributed by atoms with Gasteiger partial charge in [0.2, 0.25) is 5.91 Å². The van der Waals surface area contributed by atoms with Crippen LogP contribution in [-0.2, 0) is 4.79 Å². The quantitative estimate of drug-likeness (QED) is 0.803. The van der Waals surface area contributed by atoms with Crippen molar-refractivity contribution in [1.29, 1.82) is 0 Å². The smallest absolute Gasteiger partial charge is 0.226 e. The number of rotatable bonds is 5. The number of thiocarbonyl (C=S) groups is 1. The molecule has 18 heavy (non-hydrogen) atoms.